The average molecular weight is 224 g/mol. The largest absolute Gasteiger partial charge is 0.359 e. The Labute approximate surface area is 96.2 Å². The molecule has 0 aromatic carbocycles. The second-order valence-corrected chi connectivity index (χ2v) is 4.51. The first kappa shape index (κ1) is 12.7. The highest BCUT2D eigenvalue weighted by atomic mass is 16.2. The van der Waals surface area contributed by atoms with Crippen LogP contribution in [0, 0.1) is 5.41 Å². The van der Waals surface area contributed by atoms with E-state index in [2.05, 4.69) is 15.7 Å². The maximum Gasteiger partial charge on any atom is 0.226 e. The molecule has 5 nitrogen and oxygen atoms in total. The second kappa shape index (κ2) is 5.12. The van der Waals surface area contributed by atoms with Crippen molar-refractivity contribution in [3.05, 3.63) is 18.0 Å². The highest BCUT2D eigenvalue weighted by Gasteiger charge is 2.25. The van der Waals surface area contributed by atoms with Crippen molar-refractivity contribution in [3.63, 3.8) is 0 Å². The van der Waals surface area contributed by atoms with Gasteiger partial charge in [0.1, 0.15) is 0 Å². The van der Waals surface area contributed by atoms with Crippen LogP contribution in [0.3, 0.4) is 0 Å². The van der Waals surface area contributed by atoms with Crippen LogP contribution in [0.4, 0.5) is 0 Å². The quantitative estimate of drug-likeness (QED) is 0.755. The van der Waals surface area contributed by atoms with Crippen molar-refractivity contribution in [1.82, 2.24) is 20.4 Å². The molecule has 2 N–H and O–H groups in total. The first-order chi connectivity index (χ1) is 7.47. The van der Waals surface area contributed by atoms with E-state index in [1.165, 1.54) is 0 Å². The second-order valence-electron chi connectivity index (χ2n) is 4.51. The molecular weight excluding hydrogens is 204 g/mol. The Kier molecular flexibility index (Phi) is 4.06. The normalized spacial score (nSPS) is 11.5. The number of hydrogen-bond acceptors (Lipinski definition) is 3. The molecule has 1 heterocycles. The van der Waals surface area contributed by atoms with Gasteiger partial charge in [0.15, 0.2) is 0 Å². The van der Waals surface area contributed by atoms with Crippen molar-refractivity contribution in [2.24, 2.45) is 12.5 Å². The van der Waals surface area contributed by atoms with Crippen LogP contribution < -0.4 is 10.6 Å². The standard InChI is InChI=1S/C11H20N4O/c1-11(2,10(16)12-3)8-13-7-9-5-6-14-15(9)4/h5-6,13H,7-8H2,1-4H3,(H,12,16). The third-order valence-corrected chi connectivity index (χ3v) is 2.64. The van der Waals surface area contributed by atoms with Gasteiger partial charge in [-0.3, -0.25) is 9.48 Å². The Hall–Kier alpha value is -1.36. The van der Waals surface area contributed by atoms with Gasteiger partial charge in [-0.05, 0) is 19.9 Å². The molecule has 5 heteroatoms. The summed E-state index contributed by atoms with van der Waals surface area (Å²) >= 11 is 0. The summed E-state index contributed by atoms with van der Waals surface area (Å²) in [5, 5.41) is 10.0. The fourth-order valence-corrected chi connectivity index (χ4v) is 1.50. The molecule has 1 aromatic rings. The molecule has 1 rings (SSSR count). The number of amides is 1. The van der Waals surface area contributed by atoms with Gasteiger partial charge in [0.2, 0.25) is 5.91 Å². The summed E-state index contributed by atoms with van der Waals surface area (Å²) in [4.78, 5) is 11.5. The molecule has 16 heavy (non-hydrogen) atoms. The third-order valence-electron chi connectivity index (χ3n) is 2.64. The maximum absolute atomic E-state index is 11.5. The molecule has 0 fully saturated rings. The first-order valence-corrected chi connectivity index (χ1v) is 5.37. The molecule has 0 aliphatic carbocycles. The zero-order valence-electron chi connectivity index (χ0n) is 10.4. The van der Waals surface area contributed by atoms with Crippen molar-refractivity contribution in [3.8, 4) is 0 Å². The number of nitrogens with zero attached hydrogens (tertiary/aromatic N) is 2. The summed E-state index contributed by atoms with van der Waals surface area (Å²) in [5.41, 5.74) is 0.709. The molecule has 0 saturated heterocycles. The molecule has 0 atom stereocenters. The van der Waals surface area contributed by atoms with Crippen molar-refractivity contribution >= 4 is 5.91 Å². The number of carbonyl (C=O) groups is 1. The van der Waals surface area contributed by atoms with E-state index in [0.717, 1.165) is 12.2 Å². The summed E-state index contributed by atoms with van der Waals surface area (Å²) in [7, 11) is 3.56. The van der Waals surface area contributed by atoms with Gasteiger partial charge in [0, 0.05) is 33.4 Å². The zero-order valence-corrected chi connectivity index (χ0v) is 10.4. The highest BCUT2D eigenvalue weighted by molar-refractivity contribution is 5.81. The fourth-order valence-electron chi connectivity index (χ4n) is 1.50. The molecule has 0 unspecified atom stereocenters. The van der Waals surface area contributed by atoms with E-state index in [0.29, 0.717) is 6.54 Å². The van der Waals surface area contributed by atoms with Gasteiger partial charge in [0.25, 0.3) is 0 Å². The summed E-state index contributed by atoms with van der Waals surface area (Å²) < 4.78 is 1.82. The van der Waals surface area contributed by atoms with Gasteiger partial charge < -0.3 is 10.6 Å². The van der Waals surface area contributed by atoms with Crippen LogP contribution in [0.1, 0.15) is 19.5 Å². The van der Waals surface area contributed by atoms with E-state index in [1.807, 2.05) is 31.6 Å². The fraction of sp³-hybridized carbons (Fsp3) is 0.636. The molecule has 0 spiro atoms. The lowest BCUT2D eigenvalue weighted by molar-refractivity contribution is -0.128. The number of hydrogen-bond donors (Lipinski definition) is 2. The van der Waals surface area contributed by atoms with Gasteiger partial charge in [-0.25, -0.2) is 0 Å². The number of nitrogens with one attached hydrogen (secondary N) is 2. The number of rotatable bonds is 5. The Bertz CT molecular complexity index is 357. The lowest BCUT2D eigenvalue weighted by atomic mass is 9.92. The van der Waals surface area contributed by atoms with Crippen molar-refractivity contribution in [2.75, 3.05) is 13.6 Å². The van der Waals surface area contributed by atoms with E-state index >= 15 is 0 Å². The van der Waals surface area contributed by atoms with E-state index < -0.39 is 5.41 Å². The van der Waals surface area contributed by atoms with Gasteiger partial charge in [-0.15, -0.1) is 0 Å². The van der Waals surface area contributed by atoms with Crippen molar-refractivity contribution in [2.45, 2.75) is 20.4 Å². The molecular formula is C11H20N4O. The van der Waals surface area contributed by atoms with Crippen LogP contribution in [-0.2, 0) is 18.4 Å². The molecule has 1 aromatic heterocycles. The molecule has 0 radical (unpaired) electrons. The van der Waals surface area contributed by atoms with Crippen LogP contribution >= 0.6 is 0 Å². The van der Waals surface area contributed by atoms with Crippen molar-refractivity contribution in [1.29, 1.82) is 0 Å². The summed E-state index contributed by atoms with van der Waals surface area (Å²) in [6, 6.07) is 1.96. The lowest BCUT2D eigenvalue weighted by Crippen LogP contribution is -2.42. The van der Waals surface area contributed by atoms with Gasteiger partial charge in [0.05, 0.1) is 11.1 Å². The Balaban J connectivity index is 2.41. The predicted molar refractivity (Wildman–Crippen MR) is 62.8 cm³/mol. The number of aromatic nitrogens is 2. The van der Waals surface area contributed by atoms with Crippen LogP contribution in [-0.4, -0.2) is 29.3 Å². The summed E-state index contributed by atoms with van der Waals surface area (Å²) in [6.07, 6.45) is 1.76. The summed E-state index contributed by atoms with van der Waals surface area (Å²) in [6.45, 7) is 5.19. The van der Waals surface area contributed by atoms with E-state index in [1.54, 1.807) is 13.2 Å². The van der Waals surface area contributed by atoms with Gasteiger partial charge in [-0.2, -0.15) is 5.10 Å². The molecule has 90 valence electrons. The topological polar surface area (TPSA) is 59.0 Å². The van der Waals surface area contributed by atoms with Gasteiger partial charge in [-0.1, -0.05) is 0 Å². The lowest BCUT2D eigenvalue weighted by Gasteiger charge is -2.22. The molecule has 0 aliphatic heterocycles. The van der Waals surface area contributed by atoms with Crippen molar-refractivity contribution < 1.29 is 4.79 Å². The van der Waals surface area contributed by atoms with E-state index in [4.69, 9.17) is 0 Å². The average Bonchev–Trinajstić information content (AvgIpc) is 2.63. The van der Waals surface area contributed by atoms with Crippen LogP contribution in [0.15, 0.2) is 12.3 Å². The van der Waals surface area contributed by atoms with E-state index in [-0.39, 0.29) is 5.91 Å². The Morgan fingerprint density at radius 2 is 2.25 bits per heavy atom. The number of carbonyl (C=O) groups excluding carboxylic acids is 1. The van der Waals surface area contributed by atoms with E-state index in [9.17, 15) is 4.79 Å². The molecule has 1 amide bonds. The van der Waals surface area contributed by atoms with Crippen LogP contribution in [0.5, 0.6) is 0 Å². The first-order valence-electron chi connectivity index (χ1n) is 5.37. The third kappa shape index (κ3) is 3.06. The molecule has 0 aliphatic rings. The molecule has 0 saturated carbocycles. The minimum atomic E-state index is -0.395. The van der Waals surface area contributed by atoms with Crippen LogP contribution in [0.25, 0.3) is 0 Å². The zero-order chi connectivity index (χ0) is 12.2. The summed E-state index contributed by atoms with van der Waals surface area (Å²) in [5.74, 6) is 0.0463. The maximum atomic E-state index is 11.5. The molecule has 0 bridgehead atoms. The van der Waals surface area contributed by atoms with Gasteiger partial charge >= 0.3 is 0 Å². The van der Waals surface area contributed by atoms with Crippen LogP contribution in [0.2, 0.25) is 0 Å². The minimum absolute atomic E-state index is 0.0463. The minimum Gasteiger partial charge on any atom is -0.359 e. The Morgan fingerprint density at radius 1 is 1.56 bits per heavy atom. The number of aryl methyl sites for hydroxylation is 1. The monoisotopic (exact) mass is 224 g/mol. The predicted octanol–water partition coefficient (Wildman–Crippen LogP) is 0.282. The highest BCUT2D eigenvalue weighted by Crippen LogP contribution is 2.13. The SMILES string of the molecule is CNC(=O)C(C)(C)CNCc1ccnn1C. The Morgan fingerprint density at radius 3 is 2.75 bits per heavy atom. The smallest absolute Gasteiger partial charge is 0.226 e.